The summed E-state index contributed by atoms with van der Waals surface area (Å²) in [7, 11) is 0. The van der Waals surface area contributed by atoms with Crippen molar-refractivity contribution in [3.05, 3.63) is 77.3 Å². The van der Waals surface area contributed by atoms with Gasteiger partial charge >= 0.3 is 0 Å². The van der Waals surface area contributed by atoms with Gasteiger partial charge in [0, 0.05) is 22.3 Å². The van der Waals surface area contributed by atoms with E-state index in [1.54, 1.807) is 24.3 Å². The first kappa shape index (κ1) is 17.5. The number of halogens is 1. The Bertz CT molecular complexity index is 869. The van der Waals surface area contributed by atoms with Gasteiger partial charge in [-0.15, -0.1) is 0 Å². The molecule has 0 radical (unpaired) electrons. The van der Waals surface area contributed by atoms with Gasteiger partial charge in [-0.05, 0) is 60.0 Å². The monoisotopic (exact) mass is 351 g/mol. The van der Waals surface area contributed by atoms with Crippen molar-refractivity contribution in [3.63, 3.8) is 0 Å². The Morgan fingerprint density at radius 3 is 2.20 bits per heavy atom. The molecule has 3 heteroatoms. The summed E-state index contributed by atoms with van der Waals surface area (Å²) in [5.74, 6) is 0.0145. The highest BCUT2D eigenvalue weighted by molar-refractivity contribution is 6.30. The molecule has 0 fully saturated rings. The molecule has 3 aromatic carbocycles. The molecule has 0 saturated heterocycles. The number of carbonyl (C=O) groups is 1. The second kappa shape index (κ2) is 7.71. The van der Waals surface area contributed by atoms with Gasteiger partial charge in [0.15, 0.2) is 0 Å². The van der Waals surface area contributed by atoms with Gasteiger partial charge in [0.25, 0.3) is 5.91 Å². The van der Waals surface area contributed by atoms with Gasteiger partial charge in [-0.25, -0.2) is 0 Å². The minimum atomic E-state index is 0.0145. The highest BCUT2D eigenvalue weighted by Gasteiger charge is 2.24. The van der Waals surface area contributed by atoms with Crippen LogP contribution >= 0.6 is 11.6 Å². The number of anilines is 1. The molecule has 0 aliphatic heterocycles. The third kappa shape index (κ3) is 3.69. The molecule has 1 amide bonds. The molecule has 25 heavy (non-hydrogen) atoms. The minimum absolute atomic E-state index is 0.0145. The number of nitrogens with zero attached hydrogens (tertiary/aromatic N) is 1. The number of benzene rings is 3. The Balaban J connectivity index is 2.06. The van der Waals surface area contributed by atoms with Crippen molar-refractivity contribution < 1.29 is 4.79 Å². The standard InChI is InChI=1S/C22H22ClNO/c1-3-20(4-2)24(22(25)17-9-12-19(23)13-10-17)21-14-11-16-7-5-6-8-18(16)15-21/h5-15,20H,3-4H2,1-2H3. The van der Waals surface area contributed by atoms with E-state index in [1.165, 1.54) is 5.39 Å². The summed E-state index contributed by atoms with van der Waals surface area (Å²) in [4.78, 5) is 15.2. The molecule has 0 spiro atoms. The number of amides is 1. The highest BCUT2D eigenvalue weighted by atomic mass is 35.5. The maximum absolute atomic E-state index is 13.2. The maximum atomic E-state index is 13.2. The van der Waals surface area contributed by atoms with Crippen LogP contribution in [0.2, 0.25) is 5.02 Å². The molecule has 3 rings (SSSR count). The van der Waals surface area contributed by atoms with Crippen molar-refractivity contribution in [2.45, 2.75) is 32.7 Å². The molecule has 0 aromatic heterocycles. The zero-order valence-electron chi connectivity index (χ0n) is 14.6. The second-order valence-corrected chi connectivity index (χ2v) is 6.62. The lowest BCUT2D eigenvalue weighted by Crippen LogP contribution is -2.40. The molecule has 0 atom stereocenters. The van der Waals surface area contributed by atoms with Crippen LogP contribution in [-0.2, 0) is 0 Å². The van der Waals surface area contributed by atoms with E-state index in [2.05, 4.69) is 38.1 Å². The average molecular weight is 352 g/mol. The van der Waals surface area contributed by atoms with Gasteiger partial charge in [-0.3, -0.25) is 4.79 Å². The van der Waals surface area contributed by atoms with E-state index in [0.717, 1.165) is 23.9 Å². The van der Waals surface area contributed by atoms with Gasteiger partial charge in [0.05, 0.1) is 0 Å². The Hall–Kier alpha value is -2.32. The number of carbonyl (C=O) groups excluding carboxylic acids is 1. The third-order valence-corrected chi connectivity index (χ3v) is 4.88. The van der Waals surface area contributed by atoms with Crippen molar-refractivity contribution >= 4 is 34.0 Å². The lowest BCUT2D eigenvalue weighted by atomic mass is 10.0. The van der Waals surface area contributed by atoms with Crippen LogP contribution in [0.1, 0.15) is 37.0 Å². The number of rotatable bonds is 5. The van der Waals surface area contributed by atoms with Crippen LogP contribution < -0.4 is 4.90 Å². The van der Waals surface area contributed by atoms with Crippen LogP contribution in [0, 0.1) is 0 Å². The van der Waals surface area contributed by atoms with E-state index >= 15 is 0 Å². The Labute approximate surface area is 154 Å². The third-order valence-electron chi connectivity index (χ3n) is 4.63. The van der Waals surface area contributed by atoms with Crippen molar-refractivity contribution in [2.24, 2.45) is 0 Å². The number of fused-ring (bicyclic) bond motifs is 1. The summed E-state index contributed by atoms with van der Waals surface area (Å²) >= 11 is 5.97. The Morgan fingerprint density at radius 1 is 0.920 bits per heavy atom. The zero-order chi connectivity index (χ0) is 17.8. The summed E-state index contributed by atoms with van der Waals surface area (Å²) in [6, 6.07) is 21.7. The Morgan fingerprint density at radius 2 is 1.56 bits per heavy atom. The molecule has 0 heterocycles. The van der Waals surface area contributed by atoms with Crippen molar-refractivity contribution in [3.8, 4) is 0 Å². The van der Waals surface area contributed by atoms with Gasteiger partial charge in [0.1, 0.15) is 0 Å². The quantitative estimate of drug-likeness (QED) is 0.526. The molecule has 0 aliphatic carbocycles. The largest absolute Gasteiger partial charge is 0.305 e. The summed E-state index contributed by atoms with van der Waals surface area (Å²) in [5, 5.41) is 2.95. The lowest BCUT2D eigenvalue weighted by Gasteiger charge is -2.31. The van der Waals surface area contributed by atoms with Gasteiger partial charge in [-0.2, -0.15) is 0 Å². The van der Waals surface area contributed by atoms with E-state index in [9.17, 15) is 4.79 Å². The highest BCUT2D eigenvalue weighted by Crippen LogP contribution is 2.27. The Kier molecular flexibility index (Phi) is 5.40. The van der Waals surface area contributed by atoms with E-state index in [0.29, 0.717) is 10.6 Å². The van der Waals surface area contributed by atoms with Gasteiger partial charge in [0.2, 0.25) is 0 Å². The van der Waals surface area contributed by atoms with E-state index in [-0.39, 0.29) is 11.9 Å². The lowest BCUT2D eigenvalue weighted by molar-refractivity contribution is 0.0975. The number of hydrogen-bond acceptors (Lipinski definition) is 1. The van der Waals surface area contributed by atoms with E-state index in [1.807, 2.05) is 23.1 Å². The molecule has 0 saturated carbocycles. The molecule has 128 valence electrons. The van der Waals surface area contributed by atoms with E-state index < -0.39 is 0 Å². The normalized spacial score (nSPS) is 11.0. The average Bonchev–Trinajstić information content (AvgIpc) is 2.65. The summed E-state index contributed by atoms with van der Waals surface area (Å²) < 4.78 is 0. The number of hydrogen-bond donors (Lipinski definition) is 0. The minimum Gasteiger partial charge on any atom is -0.305 e. The van der Waals surface area contributed by atoms with Crippen LogP contribution in [0.4, 0.5) is 5.69 Å². The first-order valence-electron chi connectivity index (χ1n) is 8.72. The van der Waals surface area contributed by atoms with Crippen LogP contribution in [0.15, 0.2) is 66.7 Å². The summed E-state index contributed by atoms with van der Waals surface area (Å²) in [5.41, 5.74) is 1.59. The zero-order valence-corrected chi connectivity index (χ0v) is 15.3. The molecule has 0 unspecified atom stereocenters. The van der Waals surface area contributed by atoms with Crippen LogP contribution in [0.25, 0.3) is 10.8 Å². The first-order valence-corrected chi connectivity index (χ1v) is 9.09. The predicted octanol–water partition coefficient (Wildman–Crippen LogP) is 6.33. The fourth-order valence-corrected chi connectivity index (χ4v) is 3.33. The van der Waals surface area contributed by atoms with Gasteiger partial charge in [-0.1, -0.05) is 55.8 Å². The maximum Gasteiger partial charge on any atom is 0.258 e. The first-order chi connectivity index (χ1) is 12.1. The fraction of sp³-hybridized carbons (Fsp3) is 0.227. The van der Waals surface area contributed by atoms with Crippen LogP contribution in [0.5, 0.6) is 0 Å². The summed E-state index contributed by atoms with van der Waals surface area (Å²) in [6.45, 7) is 4.24. The van der Waals surface area contributed by atoms with Crippen molar-refractivity contribution in [1.29, 1.82) is 0 Å². The van der Waals surface area contributed by atoms with E-state index in [4.69, 9.17) is 11.6 Å². The van der Waals surface area contributed by atoms with Crippen LogP contribution in [-0.4, -0.2) is 11.9 Å². The molecular formula is C22H22ClNO. The fourth-order valence-electron chi connectivity index (χ4n) is 3.21. The van der Waals surface area contributed by atoms with Gasteiger partial charge < -0.3 is 4.90 Å². The molecular weight excluding hydrogens is 330 g/mol. The predicted molar refractivity (Wildman–Crippen MR) is 107 cm³/mol. The molecule has 2 nitrogen and oxygen atoms in total. The topological polar surface area (TPSA) is 20.3 Å². The van der Waals surface area contributed by atoms with Crippen molar-refractivity contribution in [1.82, 2.24) is 0 Å². The molecule has 0 N–H and O–H groups in total. The summed E-state index contributed by atoms with van der Waals surface area (Å²) in [6.07, 6.45) is 1.81. The molecule has 0 aliphatic rings. The SMILES string of the molecule is CCC(CC)N(C(=O)c1ccc(Cl)cc1)c1ccc2ccccc2c1. The smallest absolute Gasteiger partial charge is 0.258 e. The molecule has 0 bridgehead atoms. The molecule has 3 aromatic rings. The van der Waals surface area contributed by atoms with Crippen molar-refractivity contribution in [2.75, 3.05) is 4.90 Å². The van der Waals surface area contributed by atoms with Crippen LogP contribution in [0.3, 0.4) is 0 Å². The second-order valence-electron chi connectivity index (χ2n) is 6.18.